The molecular formula is C45H70N4O8. The maximum Gasteiger partial charge on any atom is 0.311 e. The number of nitrogens with zero attached hydrogens (tertiary/aromatic N) is 4. The summed E-state index contributed by atoms with van der Waals surface area (Å²) in [7, 11) is 3.89. The molecule has 6 rings (SSSR count). The summed E-state index contributed by atoms with van der Waals surface area (Å²) < 4.78 is 11.7. The molecule has 5 aliphatic rings. The van der Waals surface area contributed by atoms with Crippen molar-refractivity contribution in [2.45, 2.75) is 146 Å². The van der Waals surface area contributed by atoms with Crippen molar-refractivity contribution in [2.75, 3.05) is 33.7 Å². The Kier molecular flexibility index (Phi) is 11.3. The van der Waals surface area contributed by atoms with Gasteiger partial charge in [0, 0.05) is 43.8 Å². The SMILES string of the molecule is Cc1nnc(C(=O)N(CCN(C)C)C[C@H](O)[C@@]23CC[C@]4(C)[C@H](CC[C@@H]5[C@@]6(C)CCC(OC(=O)CC(C)(C)C(=O)O)C(C)(C)[C@@H]6CC[C@]54C)C2=C(C(C)C)C(=O)C3)o1. The van der Waals surface area contributed by atoms with E-state index in [0.29, 0.717) is 37.2 Å². The monoisotopic (exact) mass is 795 g/mol. The fraction of sp³-hybridized carbons (Fsp3) is 0.822. The molecular weight excluding hydrogens is 725 g/mol. The van der Waals surface area contributed by atoms with E-state index in [4.69, 9.17) is 9.15 Å². The van der Waals surface area contributed by atoms with Gasteiger partial charge in [0.1, 0.15) is 6.10 Å². The number of aryl methyl sites for hydroxylation is 1. The smallest absolute Gasteiger partial charge is 0.311 e. The number of aliphatic carboxylic acids is 1. The third-order valence-corrected chi connectivity index (χ3v) is 16.7. The Morgan fingerprint density at radius 3 is 2.21 bits per heavy atom. The van der Waals surface area contributed by atoms with Gasteiger partial charge in [-0.05, 0) is 125 Å². The zero-order valence-corrected chi connectivity index (χ0v) is 36.8. The molecule has 1 unspecified atom stereocenters. The van der Waals surface area contributed by atoms with Gasteiger partial charge in [0.2, 0.25) is 5.89 Å². The van der Waals surface area contributed by atoms with E-state index >= 15 is 0 Å². The van der Waals surface area contributed by atoms with Crippen LogP contribution in [0.5, 0.6) is 0 Å². The van der Waals surface area contributed by atoms with E-state index in [0.717, 1.165) is 56.1 Å². The zero-order chi connectivity index (χ0) is 42.3. The maximum absolute atomic E-state index is 14.3. The standard InChI is InChI=1S/C45H70N4O8/c1-26(2)35-29(50)23-45(32(51)25-49(22-21-48(11)12)38(53)37-47-46-27(3)56-37)20-19-43(9)28(36(35)45)13-14-31-42(8)17-16-33(57-34(52)24-40(4,5)39(54)55)41(6,7)30(42)15-18-44(31,43)10/h26,28,30-33,51H,13-25H2,1-12H3,(H,54,55)/t28-,30+,31-,32+,33?,42+,43-,44-,45+/m1/s1. The summed E-state index contributed by atoms with van der Waals surface area (Å²) >= 11 is 0. The molecule has 2 N–H and O–H groups in total. The molecule has 0 bridgehead atoms. The molecule has 4 fully saturated rings. The molecule has 0 aliphatic heterocycles. The van der Waals surface area contributed by atoms with Crippen molar-refractivity contribution < 1.29 is 38.5 Å². The number of carboxylic acids is 1. The number of hydrogen-bond donors (Lipinski definition) is 2. The van der Waals surface area contributed by atoms with Crippen LogP contribution in [0.25, 0.3) is 0 Å². The van der Waals surface area contributed by atoms with Gasteiger partial charge < -0.3 is 29.2 Å². The summed E-state index contributed by atoms with van der Waals surface area (Å²) in [4.78, 5) is 56.6. The molecule has 4 saturated carbocycles. The first-order valence-corrected chi connectivity index (χ1v) is 21.5. The molecule has 1 heterocycles. The molecule has 0 radical (unpaired) electrons. The highest BCUT2D eigenvalue weighted by atomic mass is 16.5. The van der Waals surface area contributed by atoms with Crippen molar-refractivity contribution in [1.82, 2.24) is 20.0 Å². The number of aromatic nitrogens is 2. The third-order valence-electron chi connectivity index (χ3n) is 16.7. The van der Waals surface area contributed by atoms with Gasteiger partial charge >= 0.3 is 23.7 Å². The topological polar surface area (TPSA) is 163 Å². The molecule has 0 spiro atoms. The van der Waals surface area contributed by atoms with Crippen LogP contribution in [-0.4, -0.2) is 99.8 Å². The first-order chi connectivity index (χ1) is 26.4. The summed E-state index contributed by atoms with van der Waals surface area (Å²) in [5, 5.41) is 30.1. The van der Waals surface area contributed by atoms with Crippen molar-refractivity contribution in [3.8, 4) is 0 Å². The highest BCUT2D eigenvalue weighted by Crippen LogP contribution is 2.77. The summed E-state index contributed by atoms with van der Waals surface area (Å²) in [5.74, 6) is -0.663. The van der Waals surface area contributed by atoms with Crippen molar-refractivity contribution in [3.63, 3.8) is 0 Å². The van der Waals surface area contributed by atoms with Crippen LogP contribution in [0.2, 0.25) is 0 Å². The number of rotatable bonds is 12. The molecule has 0 saturated heterocycles. The lowest BCUT2D eigenvalue weighted by Gasteiger charge is -2.72. The normalized spacial score (nSPS) is 35.3. The predicted molar refractivity (Wildman–Crippen MR) is 215 cm³/mol. The number of carboxylic acid groups (broad SMARTS) is 1. The first kappa shape index (κ1) is 43.5. The molecule has 9 atom stereocenters. The van der Waals surface area contributed by atoms with E-state index in [1.165, 1.54) is 0 Å². The zero-order valence-electron chi connectivity index (χ0n) is 36.8. The highest BCUT2D eigenvalue weighted by Gasteiger charge is 2.71. The van der Waals surface area contributed by atoms with Gasteiger partial charge in [0.25, 0.3) is 0 Å². The molecule has 1 amide bonds. The Morgan fingerprint density at radius 1 is 0.930 bits per heavy atom. The van der Waals surface area contributed by atoms with E-state index in [2.05, 4.69) is 58.7 Å². The summed E-state index contributed by atoms with van der Waals surface area (Å²) in [6.07, 6.45) is 6.04. The summed E-state index contributed by atoms with van der Waals surface area (Å²) in [6.45, 7) is 22.0. The van der Waals surface area contributed by atoms with Crippen LogP contribution in [0, 0.1) is 63.1 Å². The molecule has 1 aromatic rings. The Hall–Kier alpha value is -3.12. The second-order valence-corrected chi connectivity index (χ2v) is 21.3. The van der Waals surface area contributed by atoms with E-state index in [1.807, 2.05) is 19.0 Å². The number of esters is 1. The molecule has 57 heavy (non-hydrogen) atoms. The van der Waals surface area contributed by atoms with Gasteiger partial charge in [-0.3, -0.25) is 19.2 Å². The lowest BCUT2D eigenvalue weighted by atomic mass is 9.33. The van der Waals surface area contributed by atoms with Gasteiger partial charge in [-0.2, -0.15) is 0 Å². The van der Waals surface area contributed by atoms with E-state index in [1.54, 1.807) is 25.7 Å². The predicted octanol–water partition coefficient (Wildman–Crippen LogP) is 7.14. The van der Waals surface area contributed by atoms with Crippen LogP contribution in [0.4, 0.5) is 0 Å². The van der Waals surface area contributed by atoms with Gasteiger partial charge in [-0.25, -0.2) is 0 Å². The van der Waals surface area contributed by atoms with Gasteiger partial charge in [-0.1, -0.05) is 54.0 Å². The lowest BCUT2D eigenvalue weighted by molar-refractivity contribution is -0.235. The van der Waals surface area contributed by atoms with Crippen LogP contribution in [-0.2, 0) is 19.1 Å². The summed E-state index contributed by atoms with van der Waals surface area (Å²) in [5.41, 5.74) is -0.343. The Bertz CT molecular complexity index is 1800. The molecule has 12 heteroatoms. The fourth-order valence-corrected chi connectivity index (χ4v) is 13.4. The minimum absolute atomic E-state index is 0.00290. The number of Topliss-reactive ketones (excluding diaryl/α,β-unsaturated/α-hetero) is 1. The second-order valence-electron chi connectivity index (χ2n) is 21.3. The van der Waals surface area contributed by atoms with E-state index in [-0.39, 0.29) is 70.7 Å². The highest BCUT2D eigenvalue weighted by molar-refractivity contribution is 6.01. The lowest BCUT2D eigenvalue weighted by Crippen LogP contribution is -2.66. The van der Waals surface area contributed by atoms with Gasteiger partial charge in [-0.15, -0.1) is 10.2 Å². The quantitative estimate of drug-likeness (QED) is 0.207. The van der Waals surface area contributed by atoms with Crippen LogP contribution in [0.1, 0.15) is 143 Å². The number of hydrogen-bond acceptors (Lipinski definition) is 10. The van der Waals surface area contributed by atoms with Crippen LogP contribution in [0.3, 0.4) is 0 Å². The number of aliphatic hydroxyl groups excluding tert-OH is 1. The molecule has 0 aromatic carbocycles. The van der Waals surface area contributed by atoms with Gasteiger partial charge in [0.05, 0.1) is 17.9 Å². The van der Waals surface area contributed by atoms with Crippen molar-refractivity contribution >= 4 is 23.6 Å². The molecule has 5 aliphatic carbocycles. The fourth-order valence-electron chi connectivity index (χ4n) is 13.4. The van der Waals surface area contributed by atoms with Gasteiger partial charge in [0.15, 0.2) is 5.78 Å². The number of ketones is 1. The average Bonchev–Trinajstić information content (AvgIpc) is 3.68. The maximum atomic E-state index is 14.3. The van der Waals surface area contributed by atoms with Crippen molar-refractivity contribution in [1.29, 1.82) is 0 Å². The molecule has 1 aromatic heterocycles. The first-order valence-electron chi connectivity index (χ1n) is 21.5. The average molecular weight is 795 g/mol. The number of ether oxygens (including phenoxy) is 1. The minimum Gasteiger partial charge on any atom is -0.481 e. The number of amides is 1. The van der Waals surface area contributed by atoms with E-state index in [9.17, 15) is 29.4 Å². The minimum atomic E-state index is -1.19. The number of carbonyl (C=O) groups is 4. The molecule has 318 valence electrons. The Morgan fingerprint density at radius 2 is 1.61 bits per heavy atom. The van der Waals surface area contributed by atoms with Crippen molar-refractivity contribution in [3.05, 3.63) is 22.9 Å². The largest absolute Gasteiger partial charge is 0.481 e. The number of allylic oxidation sites excluding steroid dienone is 1. The van der Waals surface area contributed by atoms with E-state index < -0.39 is 34.8 Å². The van der Waals surface area contributed by atoms with Crippen LogP contribution in [0.15, 0.2) is 15.6 Å². The Balaban J connectivity index is 1.30. The number of carbonyl (C=O) groups excluding carboxylic acids is 3. The van der Waals surface area contributed by atoms with Crippen LogP contribution < -0.4 is 0 Å². The number of likely N-dealkylation sites (N-methyl/N-ethyl adjacent to an activating group) is 1. The molecule has 12 nitrogen and oxygen atoms in total. The third kappa shape index (κ3) is 7.00. The van der Waals surface area contributed by atoms with Crippen molar-refractivity contribution in [2.24, 2.45) is 56.2 Å². The van der Waals surface area contributed by atoms with Crippen LogP contribution >= 0.6 is 0 Å². The number of aliphatic hydroxyl groups is 1. The second kappa shape index (κ2) is 14.9. The number of fused-ring (bicyclic) bond motifs is 7. The summed E-state index contributed by atoms with van der Waals surface area (Å²) in [6, 6.07) is 0. The Labute approximate surface area is 339 Å².